The van der Waals surface area contributed by atoms with E-state index in [4.69, 9.17) is 0 Å². The largest absolute Gasteiger partial charge is 0.336 e. The van der Waals surface area contributed by atoms with Gasteiger partial charge >= 0.3 is 0 Å². The lowest BCUT2D eigenvalue weighted by Gasteiger charge is -2.34. The maximum absolute atomic E-state index is 12.9. The highest BCUT2D eigenvalue weighted by Gasteiger charge is 2.31. The van der Waals surface area contributed by atoms with Crippen molar-refractivity contribution in [3.05, 3.63) is 29.8 Å². The van der Waals surface area contributed by atoms with Crippen molar-refractivity contribution in [2.24, 2.45) is 11.8 Å². The van der Waals surface area contributed by atoms with Crippen LogP contribution in [0.3, 0.4) is 0 Å². The third-order valence-corrected chi connectivity index (χ3v) is 7.21. The number of carbonyl (C=O) groups excluding carboxylic acids is 1. The van der Waals surface area contributed by atoms with E-state index in [9.17, 15) is 13.2 Å². The highest BCUT2D eigenvalue weighted by atomic mass is 32.2. The Morgan fingerprint density at radius 1 is 0.962 bits per heavy atom. The van der Waals surface area contributed by atoms with Crippen LogP contribution in [0.2, 0.25) is 0 Å². The molecule has 26 heavy (non-hydrogen) atoms. The highest BCUT2D eigenvalue weighted by molar-refractivity contribution is 7.89. The maximum Gasteiger partial charge on any atom is 0.253 e. The summed E-state index contributed by atoms with van der Waals surface area (Å²) in [6, 6.07) is 6.43. The summed E-state index contributed by atoms with van der Waals surface area (Å²) >= 11 is 0. The van der Waals surface area contributed by atoms with E-state index in [0.29, 0.717) is 43.6 Å². The quantitative estimate of drug-likeness (QED) is 0.803. The van der Waals surface area contributed by atoms with Gasteiger partial charge in [0.2, 0.25) is 10.0 Å². The minimum absolute atomic E-state index is 0.0257. The normalized spacial score (nSPS) is 26.0. The average molecular weight is 380 g/mol. The molecule has 0 saturated carbocycles. The van der Waals surface area contributed by atoms with Crippen molar-refractivity contribution in [2.75, 3.05) is 46.3 Å². The lowest BCUT2D eigenvalue weighted by molar-refractivity contribution is 0.0664. The zero-order valence-electron chi connectivity index (χ0n) is 15.9. The number of nitrogens with zero attached hydrogens (tertiary/aromatic N) is 3. The lowest BCUT2D eigenvalue weighted by Crippen LogP contribution is -2.47. The number of carbonyl (C=O) groups is 1. The zero-order chi connectivity index (χ0) is 18.9. The van der Waals surface area contributed by atoms with Crippen LogP contribution in [0.5, 0.6) is 0 Å². The molecule has 2 unspecified atom stereocenters. The number of hydrogen-bond acceptors (Lipinski definition) is 4. The number of sulfonamides is 1. The van der Waals surface area contributed by atoms with E-state index in [2.05, 4.69) is 18.7 Å². The van der Waals surface area contributed by atoms with E-state index in [1.54, 1.807) is 28.6 Å². The number of likely N-dealkylation sites (N-methyl/N-ethyl adjacent to an activating group) is 1. The SMILES string of the molecule is CC1CC(C)CN(S(=O)(=O)c2ccc(C(=O)N3CCN(C)CC3)cc2)C1. The topological polar surface area (TPSA) is 60.9 Å². The van der Waals surface area contributed by atoms with Gasteiger partial charge in [0.15, 0.2) is 0 Å². The van der Waals surface area contributed by atoms with Gasteiger partial charge in [0.25, 0.3) is 5.91 Å². The van der Waals surface area contributed by atoms with Gasteiger partial charge in [0, 0.05) is 44.8 Å². The monoisotopic (exact) mass is 379 g/mol. The molecule has 0 bridgehead atoms. The molecule has 3 rings (SSSR count). The maximum atomic E-state index is 12.9. The predicted octanol–water partition coefficient (Wildman–Crippen LogP) is 1.74. The molecule has 0 N–H and O–H groups in total. The van der Waals surface area contributed by atoms with Crippen LogP contribution in [0.15, 0.2) is 29.2 Å². The van der Waals surface area contributed by atoms with Crippen molar-refractivity contribution in [3.8, 4) is 0 Å². The van der Waals surface area contributed by atoms with Crippen LogP contribution in [0.1, 0.15) is 30.6 Å². The minimum Gasteiger partial charge on any atom is -0.336 e. The number of amides is 1. The van der Waals surface area contributed by atoms with Crippen molar-refractivity contribution in [2.45, 2.75) is 25.2 Å². The second kappa shape index (κ2) is 7.66. The average Bonchev–Trinajstić information content (AvgIpc) is 2.61. The van der Waals surface area contributed by atoms with Gasteiger partial charge in [-0.25, -0.2) is 8.42 Å². The molecule has 0 aliphatic carbocycles. The van der Waals surface area contributed by atoms with Gasteiger partial charge in [-0.3, -0.25) is 4.79 Å². The van der Waals surface area contributed by atoms with E-state index in [1.807, 2.05) is 11.9 Å². The first-order valence-corrected chi connectivity index (χ1v) is 10.8. The third kappa shape index (κ3) is 4.10. The van der Waals surface area contributed by atoms with Gasteiger partial charge < -0.3 is 9.80 Å². The second-order valence-electron chi connectivity index (χ2n) is 7.89. The van der Waals surface area contributed by atoms with Gasteiger partial charge in [0.05, 0.1) is 4.90 Å². The Morgan fingerprint density at radius 2 is 1.50 bits per heavy atom. The Kier molecular flexibility index (Phi) is 5.69. The van der Waals surface area contributed by atoms with Crippen molar-refractivity contribution < 1.29 is 13.2 Å². The summed E-state index contributed by atoms with van der Waals surface area (Å²) in [4.78, 5) is 16.9. The van der Waals surface area contributed by atoms with Crippen molar-refractivity contribution in [1.29, 1.82) is 0 Å². The smallest absolute Gasteiger partial charge is 0.253 e. The molecule has 0 aromatic heterocycles. The van der Waals surface area contributed by atoms with Crippen LogP contribution in [0, 0.1) is 11.8 Å². The summed E-state index contributed by atoms with van der Waals surface area (Å²) in [7, 11) is -1.46. The standard InChI is InChI=1S/C19H29N3O3S/c1-15-12-16(2)14-22(13-15)26(24,25)18-6-4-17(5-7-18)19(23)21-10-8-20(3)9-11-21/h4-7,15-16H,8-14H2,1-3H3. The zero-order valence-corrected chi connectivity index (χ0v) is 16.7. The molecule has 2 aliphatic heterocycles. The summed E-state index contributed by atoms with van der Waals surface area (Å²) in [6.45, 7) is 8.46. The molecule has 2 aliphatic rings. The molecule has 144 valence electrons. The Bertz CT molecular complexity index is 730. The van der Waals surface area contributed by atoms with Gasteiger partial charge in [-0.15, -0.1) is 0 Å². The van der Waals surface area contributed by atoms with E-state index in [-0.39, 0.29) is 10.8 Å². The van der Waals surface area contributed by atoms with Crippen molar-refractivity contribution in [3.63, 3.8) is 0 Å². The summed E-state index contributed by atoms with van der Waals surface area (Å²) in [5, 5.41) is 0. The molecule has 6 nitrogen and oxygen atoms in total. The summed E-state index contributed by atoms with van der Waals surface area (Å²) in [5.74, 6) is 0.709. The first-order chi connectivity index (χ1) is 12.3. The van der Waals surface area contributed by atoms with Crippen molar-refractivity contribution >= 4 is 15.9 Å². The van der Waals surface area contributed by atoms with Crippen molar-refractivity contribution in [1.82, 2.24) is 14.1 Å². The van der Waals surface area contributed by atoms with Gasteiger partial charge in [0.1, 0.15) is 0 Å². The Balaban J connectivity index is 1.73. The fraction of sp³-hybridized carbons (Fsp3) is 0.632. The van der Waals surface area contributed by atoms with E-state index in [1.165, 1.54) is 0 Å². The third-order valence-electron chi connectivity index (χ3n) is 5.36. The Morgan fingerprint density at radius 3 is 2.04 bits per heavy atom. The number of benzene rings is 1. The summed E-state index contributed by atoms with van der Waals surface area (Å²) in [5.41, 5.74) is 0.550. The highest BCUT2D eigenvalue weighted by Crippen LogP contribution is 2.26. The molecule has 0 radical (unpaired) electrons. The van der Waals surface area contributed by atoms with E-state index in [0.717, 1.165) is 19.5 Å². The molecular formula is C19H29N3O3S. The summed E-state index contributed by atoms with van der Waals surface area (Å²) in [6.07, 6.45) is 1.06. The molecule has 2 heterocycles. The molecule has 1 aromatic carbocycles. The van der Waals surface area contributed by atoms with Crippen LogP contribution in [0.25, 0.3) is 0 Å². The molecule has 2 fully saturated rings. The van der Waals surface area contributed by atoms with Crippen LogP contribution in [0.4, 0.5) is 0 Å². The minimum atomic E-state index is -3.50. The fourth-order valence-electron chi connectivity index (χ4n) is 3.91. The van der Waals surface area contributed by atoms with Gasteiger partial charge in [-0.05, 0) is 49.6 Å². The molecule has 2 saturated heterocycles. The Labute approximate surface area is 156 Å². The molecule has 0 spiro atoms. The van der Waals surface area contributed by atoms with Crippen LogP contribution >= 0.6 is 0 Å². The van der Waals surface area contributed by atoms with E-state index >= 15 is 0 Å². The summed E-state index contributed by atoms with van der Waals surface area (Å²) < 4.78 is 27.4. The lowest BCUT2D eigenvalue weighted by atomic mass is 9.94. The van der Waals surface area contributed by atoms with Crippen LogP contribution < -0.4 is 0 Å². The molecule has 7 heteroatoms. The predicted molar refractivity (Wildman–Crippen MR) is 102 cm³/mol. The Hall–Kier alpha value is -1.44. The fourth-order valence-corrected chi connectivity index (χ4v) is 5.59. The number of hydrogen-bond donors (Lipinski definition) is 0. The van der Waals surface area contributed by atoms with Crippen LogP contribution in [-0.2, 0) is 10.0 Å². The van der Waals surface area contributed by atoms with E-state index < -0.39 is 10.0 Å². The first-order valence-electron chi connectivity index (χ1n) is 9.35. The number of rotatable bonds is 3. The molecule has 1 aromatic rings. The molecule has 2 atom stereocenters. The molecular weight excluding hydrogens is 350 g/mol. The van der Waals surface area contributed by atoms with Gasteiger partial charge in [-0.1, -0.05) is 13.8 Å². The second-order valence-corrected chi connectivity index (χ2v) is 9.83. The number of piperidine rings is 1. The number of piperazine rings is 1. The van der Waals surface area contributed by atoms with Crippen LogP contribution in [-0.4, -0.2) is 74.7 Å². The first kappa shape index (κ1) is 19.3. The molecule has 1 amide bonds. The van der Waals surface area contributed by atoms with Gasteiger partial charge in [-0.2, -0.15) is 4.31 Å².